The van der Waals surface area contributed by atoms with Gasteiger partial charge in [-0.1, -0.05) is 18.2 Å². The molecule has 1 atom stereocenters. The molecule has 2 heterocycles. The van der Waals surface area contributed by atoms with E-state index in [0.29, 0.717) is 5.69 Å². The van der Waals surface area contributed by atoms with Gasteiger partial charge >= 0.3 is 6.03 Å². The molecule has 4 rings (SSSR count). The van der Waals surface area contributed by atoms with Crippen molar-refractivity contribution in [2.45, 2.75) is 18.7 Å². The minimum Gasteiger partial charge on any atom is -0.341 e. The summed E-state index contributed by atoms with van der Waals surface area (Å²) in [6, 6.07) is 12.2. The summed E-state index contributed by atoms with van der Waals surface area (Å²) in [6.45, 7) is 2.83. The average Bonchev–Trinajstić information content (AvgIpc) is 2.94. The summed E-state index contributed by atoms with van der Waals surface area (Å²) >= 11 is 0. The number of aryl methyl sites for hydroxylation is 1. The first kappa shape index (κ1) is 17.2. The van der Waals surface area contributed by atoms with Gasteiger partial charge in [-0.2, -0.15) is 0 Å². The minimum atomic E-state index is -4.10. The Labute approximate surface area is 154 Å². The van der Waals surface area contributed by atoms with Gasteiger partial charge in [0, 0.05) is 40.3 Å². The van der Waals surface area contributed by atoms with Crippen LogP contribution in [-0.2, 0) is 21.4 Å². The molecule has 138 valence electrons. The summed E-state index contributed by atoms with van der Waals surface area (Å²) in [5, 5.41) is 2.24. The quantitative estimate of drug-likeness (QED) is 0.719. The lowest BCUT2D eigenvalue weighted by Crippen LogP contribution is -2.48. The van der Waals surface area contributed by atoms with Gasteiger partial charge in [-0.3, -0.25) is 14.8 Å². The molecule has 0 fully saturated rings. The number of imide groups is 1. The first-order valence-corrected chi connectivity index (χ1v) is 9.87. The van der Waals surface area contributed by atoms with Crippen LogP contribution in [-0.4, -0.2) is 36.4 Å². The lowest BCUT2D eigenvalue weighted by molar-refractivity contribution is -0.118. The number of carbonyl (C=O) groups excluding carboxylic acids is 2. The number of rotatable bonds is 4. The average molecular weight is 384 g/mol. The number of sulfonamides is 1. The fourth-order valence-electron chi connectivity index (χ4n) is 3.32. The standard InChI is InChI=1S/C18H16N4O4S/c1-2-22-14-6-4-3-5-12(14)13-9-11(7-8-15(13)22)21-27(25,26)16-10-19-18(24)20-17(16)23/h3-10,16,21H,2H2,1H3,(H,20,23,24). The van der Waals surface area contributed by atoms with Crippen molar-refractivity contribution >= 4 is 55.7 Å². The number of para-hydroxylation sites is 1. The van der Waals surface area contributed by atoms with Crippen LogP contribution in [0.15, 0.2) is 47.5 Å². The van der Waals surface area contributed by atoms with E-state index in [1.807, 2.05) is 42.6 Å². The van der Waals surface area contributed by atoms with E-state index in [4.69, 9.17) is 0 Å². The molecule has 0 aliphatic carbocycles. The zero-order valence-electron chi connectivity index (χ0n) is 14.3. The van der Waals surface area contributed by atoms with Crippen LogP contribution in [0.2, 0.25) is 0 Å². The van der Waals surface area contributed by atoms with Crippen molar-refractivity contribution in [2.24, 2.45) is 4.99 Å². The lowest BCUT2D eigenvalue weighted by atomic mass is 10.1. The molecule has 8 nitrogen and oxygen atoms in total. The van der Waals surface area contributed by atoms with E-state index in [0.717, 1.165) is 34.6 Å². The lowest BCUT2D eigenvalue weighted by Gasteiger charge is -2.16. The highest BCUT2D eigenvalue weighted by Gasteiger charge is 2.35. The molecule has 0 radical (unpaired) electrons. The number of carbonyl (C=O) groups is 2. The van der Waals surface area contributed by atoms with Crippen molar-refractivity contribution < 1.29 is 18.0 Å². The molecule has 0 saturated carbocycles. The number of anilines is 1. The zero-order valence-corrected chi connectivity index (χ0v) is 15.2. The maximum Gasteiger partial charge on any atom is 0.347 e. The normalized spacial score (nSPS) is 17.4. The van der Waals surface area contributed by atoms with E-state index >= 15 is 0 Å². The summed E-state index contributed by atoms with van der Waals surface area (Å²) in [6.07, 6.45) is 0.838. The monoisotopic (exact) mass is 384 g/mol. The molecule has 1 unspecified atom stereocenters. The van der Waals surface area contributed by atoms with Crippen LogP contribution >= 0.6 is 0 Å². The Morgan fingerprint density at radius 1 is 1.11 bits per heavy atom. The molecule has 0 saturated heterocycles. The Morgan fingerprint density at radius 2 is 1.85 bits per heavy atom. The smallest absolute Gasteiger partial charge is 0.341 e. The summed E-state index contributed by atoms with van der Waals surface area (Å²) in [5.41, 5.74) is 2.39. The molecule has 2 N–H and O–H groups in total. The highest BCUT2D eigenvalue weighted by atomic mass is 32.2. The number of benzene rings is 2. The van der Waals surface area contributed by atoms with Gasteiger partial charge in [-0.15, -0.1) is 0 Å². The molecule has 0 spiro atoms. The van der Waals surface area contributed by atoms with Crippen LogP contribution in [0, 0.1) is 0 Å². The Hall–Kier alpha value is -3.20. The second kappa shape index (κ2) is 6.20. The van der Waals surface area contributed by atoms with Crippen molar-refractivity contribution in [2.75, 3.05) is 4.72 Å². The van der Waals surface area contributed by atoms with E-state index in [1.165, 1.54) is 0 Å². The first-order chi connectivity index (χ1) is 12.9. The number of nitrogens with zero attached hydrogens (tertiary/aromatic N) is 2. The van der Waals surface area contributed by atoms with Crippen LogP contribution in [0.1, 0.15) is 6.92 Å². The number of urea groups is 1. The van der Waals surface area contributed by atoms with E-state index in [1.54, 1.807) is 12.1 Å². The van der Waals surface area contributed by atoms with Gasteiger partial charge in [-0.05, 0) is 31.2 Å². The van der Waals surface area contributed by atoms with E-state index in [-0.39, 0.29) is 0 Å². The third kappa shape index (κ3) is 2.85. The third-order valence-electron chi connectivity index (χ3n) is 4.50. The highest BCUT2D eigenvalue weighted by Crippen LogP contribution is 2.31. The molecule has 1 aliphatic rings. The number of fused-ring (bicyclic) bond motifs is 3. The summed E-state index contributed by atoms with van der Waals surface area (Å²) in [7, 11) is -4.10. The molecule has 3 amide bonds. The number of amides is 3. The Balaban J connectivity index is 1.77. The van der Waals surface area contributed by atoms with Gasteiger partial charge in [0.1, 0.15) is 0 Å². The second-order valence-electron chi connectivity index (χ2n) is 6.13. The minimum absolute atomic E-state index is 0.333. The van der Waals surface area contributed by atoms with Crippen LogP contribution in [0.5, 0.6) is 0 Å². The molecule has 1 aliphatic heterocycles. The van der Waals surface area contributed by atoms with Crippen LogP contribution in [0.25, 0.3) is 21.8 Å². The molecular weight excluding hydrogens is 368 g/mol. The molecule has 1 aromatic heterocycles. The SMILES string of the molecule is CCn1c2ccccc2c2cc(NS(=O)(=O)C3C=NC(=O)NC3=O)ccc21. The fourth-order valence-corrected chi connectivity index (χ4v) is 4.46. The van der Waals surface area contributed by atoms with Crippen molar-refractivity contribution in [3.8, 4) is 0 Å². The zero-order chi connectivity index (χ0) is 19.2. The van der Waals surface area contributed by atoms with E-state index in [2.05, 4.69) is 14.3 Å². The number of aliphatic imine (C=N–C) groups is 1. The van der Waals surface area contributed by atoms with Crippen molar-refractivity contribution in [1.29, 1.82) is 0 Å². The molecule has 3 aromatic rings. The van der Waals surface area contributed by atoms with Crippen molar-refractivity contribution in [3.05, 3.63) is 42.5 Å². The Kier molecular flexibility index (Phi) is 3.96. The number of hydrogen-bond donors (Lipinski definition) is 2. The molecule has 27 heavy (non-hydrogen) atoms. The van der Waals surface area contributed by atoms with Gasteiger partial charge < -0.3 is 4.57 Å². The Morgan fingerprint density at radius 3 is 2.59 bits per heavy atom. The Bertz CT molecular complexity index is 1230. The van der Waals surface area contributed by atoms with Crippen LogP contribution in [0.4, 0.5) is 10.5 Å². The van der Waals surface area contributed by atoms with Gasteiger partial charge in [0.25, 0.3) is 5.91 Å². The number of aromatic nitrogens is 1. The van der Waals surface area contributed by atoms with Crippen molar-refractivity contribution in [1.82, 2.24) is 9.88 Å². The molecule has 9 heteroatoms. The maximum atomic E-state index is 12.6. The second-order valence-corrected chi connectivity index (χ2v) is 7.94. The first-order valence-electron chi connectivity index (χ1n) is 8.32. The molecule has 0 bridgehead atoms. The maximum absolute atomic E-state index is 12.6. The number of nitrogens with one attached hydrogen (secondary N) is 2. The summed E-state index contributed by atoms with van der Waals surface area (Å²) < 4.78 is 29.7. The van der Waals surface area contributed by atoms with Gasteiger partial charge in [0.2, 0.25) is 10.0 Å². The van der Waals surface area contributed by atoms with Gasteiger partial charge in [-0.25, -0.2) is 18.2 Å². The topological polar surface area (TPSA) is 110 Å². The van der Waals surface area contributed by atoms with Gasteiger partial charge in [0.05, 0.1) is 0 Å². The third-order valence-corrected chi connectivity index (χ3v) is 6.02. The van der Waals surface area contributed by atoms with Crippen LogP contribution in [0.3, 0.4) is 0 Å². The molecule has 2 aromatic carbocycles. The fraction of sp³-hybridized carbons (Fsp3) is 0.167. The van der Waals surface area contributed by atoms with E-state index < -0.39 is 27.2 Å². The van der Waals surface area contributed by atoms with Crippen LogP contribution < -0.4 is 10.0 Å². The number of hydrogen-bond acceptors (Lipinski definition) is 4. The highest BCUT2D eigenvalue weighted by molar-refractivity contribution is 7.94. The predicted octanol–water partition coefficient (Wildman–Crippen LogP) is 2.25. The van der Waals surface area contributed by atoms with E-state index in [9.17, 15) is 18.0 Å². The molecular formula is C18H16N4O4S. The predicted molar refractivity (Wildman–Crippen MR) is 103 cm³/mol. The van der Waals surface area contributed by atoms with Gasteiger partial charge in [0.15, 0.2) is 5.25 Å². The largest absolute Gasteiger partial charge is 0.347 e. The summed E-state index contributed by atoms with van der Waals surface area (Å²) in [5.74, 6) is -0.925. The summed E-state index contributed by atoms with van der Waals surface area (Å²) in [4.78, 5) is 26.2. The van der Waals surface area contributed by atoms with Crippen molar-refractivity contribution in [3.63, 3.8) is 0 Å².